The van der Waals surface area contributed by atoms with Gasteiger partial charge < -0.3 is 14.8 Å². The van der Waals surface area contributed by atoms with E-state index in [1.807, 2.05) is 0 Å². The van der Waals surface area contributed by atoms with Crippen molar-refractivity contribution in [2.45, 2.75) is 0 Å². The predicted molar refractivity (Wildman–Crippen MR) is 59.3 cm³/mol. The third-order valence-corrected chi connectivity index (χ3v) is 2.66. The summed E-state index contributed by atoms with van der Waals surface area (Å²) in [6.45, 7) is 0.00545. The van der Waals surface area contributed by atoms with E-state index in [1.54, 1.807) is 0 Å². The van der Waals surface area contributed by atoms with E-state index in [0.717, 1.165) is 6.26 Å². The van der Waals surface area contributed by atoms with Crippen LogP contribution in [0.5, 0.6) is 5.75 Å². The topological polar surface area (TPSA) is 96.7 Å². The van der Waals surface area contributed by atoms with Gasteiger partial charge in [0.25, 0.3) is 0 Å². The number of aromatic nitrogens is 1. The Morgan fingerprint density at radius 3 is 2.69 bits per heavy atom. The molecular formula is C8H12BNO5S. The molecule has 0 fully saturated rings. The van der Waals surface area contributed by atoms with Crippen LogP contribution in [0.15, 0.2) is 18.5 Å². The summed E-state index contributed by atoms with van der Waals surface area (Å²) in [5.74, 6) is 0.202. The van der Waals surface area contributed by atoms with Crippen LogP contribution in [0.3, 0.4) is 0 Å². The Hall–Kier alpha value is -1.12. The van der Waals surface area contributed by atoms with Gasteiger partial charge >= 0.3 is 7.12 Å². The highest BCUT2D eigenvalue weighted by atomic mass is 32.2. The fourth-order valence-electron chi connectivity index (χ4n) is 0.967. The van der Waals surface area contributed by atoms with Crippen molar-refractivity contribution in [1.29, 1.82) is 0 Å². The SMILES string of the molecule is CS(=O)(=O)CCOc1cncc(B(O)O)c1. The van der Waals surface area contributed by atoms with Gasteiger partial charge in [-0.25, -0.2) is 8.42 Å². The smallest absolute Gasteiger partial charge is 0.490 e. The summed E-state index contributed by atoms with van der Waals surface area (Å²) in [5.41, 5.74) is 0.192. The lowest BCUT2D eigenvalue weighted by atomic mass is 9.82. The van der Waals surface area contributed by atoms with Gasteiger partial charge in [-0.1, -0.05) is 0 Å². The monoisotopic (exact) mass is 245 g/mol. The standard InChI is InChI=1S/C8H12BNO5S/c1-16(13,14)3-2-15-8-4-7(9(11)12)5-10-6-8/h4-6,11-12H,2-3H2,1H3. The first kappa shape index (κ1) is 13.0. The molecule has 1 aromatic rings. The van der Waals surface area contributed by atoms with Gasteiger partial charge in [0.15, 0.2) is 9.84 Å². The minimum atomic E-state index is -3.06. The van der Waals surface area contributed by atoms with Crippen molar-refractivity contribution in [3.8, 4) is 5.75 Å². The second-order valence-corrected chi connectivity index (χ2v) is 5.57. The summed E-state index contributed by atoms with van der Waals surface area (Å²) < 4.78 is 26.8. The average Bonchev–Trinajstić information content (AvgIpc) is 2.16. The van der Waals surface area contributed by atoms with E-state index >= 15 is 0 Å². The highest BCUT2D eigenvalue weighted by Gasteiger charge is 2.12. The largest absolute Gasteiger partial charge is 0.491 e. The zero-order valence-corrected chi connectivity index (χ0v) is 9.51. The molecule has 2 N–H and O–H groups in total. The Labute approximate surface area is 94.0 Å². The van der Waals surface area contributed by atoms with Crippen molar-refractivity contribution >= 4 is 22.4 Å². The minimum Gasteiger partial charge on any atom is -0.491 e. The first-order valence-electron chi connectivity index (χ1n) is 4.50. The van der Waals surface area contributed by atoms with Crippen LogP contribution in [-0.4, -0.2) is 49.2 Å². The van der Waals surface area contributed by atoms with Crippen LogP contribution >= 0.6 is 0 Å². The van der Waals surface area contributed by atoms with Crippen molar-refractivity contribution in [1.82, 2.24) is 4.98 Å². The molecule has 88 valence electrons. The first-order valence-corrected chi connectivity index (χ1v) is 6.56. The van der Waals surface area contributed by atoms with E-state index in [4.69, 9.17) is 14.8 Å². The molecular weight excluding hydrogens is 233 g/mol. The molecule has 0 bridgehead atoms. The molecule has 0 aliphatic rings. The summed E-state index contributed by atoms with van der Waals surface area (Å²) >= 11 is 0. The number of sulfone groups is 1. The second kappa shape index (κ2) is 5.28. The van der Waals surface area contributed by atoms with Crippen molar-refractivity contribution in [2.75, 3.05) is 18.6 Å². The number of pyridine rings is 1. The molecule has 0 aromatic carbocycles. The van der Waals surface area contributed by atoms with Gasteiger partial charge in [0, 0.05) is 17.9 Å². The summed E-state index contributed by atoms with van der Waals surface area (Å²) in [5, 5.41) is 17.7. The minimum absolute atomic E-state index is 0.00545. The number of hydrogen-bond acceptors (Lipinski definition) is 6. The first-order chi connectivity index (χ1) is 7.38. The lowest BCUT2D eigenvalue weighted by Crippen LogP contribution is -2.30. The number of nitrogens with zero attached hydrogens (tertiary/aromatic N) is 1. The Balaban J connectivity index is 2.58. The fraction of sp³-hybridized carbons (Fsp3) is 0.375. The average molecular weight is 245 g/mol. The van der Waals surface area contributed by atoms with Crippen LogP contribution in [0.4, 0.5) is 0 Å². The van der Waals surface area contributed by atoms with Crippen molar-refractivity contribution in [3.05, 3.63) is 18.5 Å². The second-order valence-electron chi connectivity index (χ2n) is 3.31. The maximum atomic E-state index is 10.8. The summed E-state index contributed by atoms with van der Waals surface area (Å²) in [6, 6.07) is 1.39. The van der Waals surface area contributed by atoms with E-state index in [1.165, 1.54) is 18.5 Å². The molecule has 0 amide bonds. The van der Waals surface area contributed by atoms with Crippen molar-refractivity contribution < 1.29 is 23.2 Å². The van der Waals surface area contributed by atoms with Crippen LogP contribution in [0, 0.1) is 0 Å². The summed E-state index contributed by atoms with van der Waals surface area (Å²) in [7, 11) is -4.68. The van der Waals surface area contributed by atoms with Gasteiger partial charge in [-0.2, -0.15) is 0 Å². The lowest BCUT2D eigenvalue weighted by Gasteiger charge is -2.06. The van der Waals surface area contributed by atoms with Crippen LogP contribution in [-0.2, 0) is 9.84 Å². The molecule has 16 heavy (non-hydrogen) atoms. The van der Waals surface area contributed by atoms with Crippen LogP contribution in [0.1, 0.15) is 0 Å². The van der Waals surface area contributed by atoms with Gasteiger partial charge in [-0.05, 0) is 6.07 Å². The molecule has 1 rings (SSSR count). The Morgan fingerprint density at radius 2 is 2.12 bits per heavy atom. The third-order valence-electron chi connectivity index (χ3n) is 1.76. The molecule has 0 spiro atoms. The summed E-state index contributed by atoms with van der Waals surface area (Å²) in [4.78, 5) is 3.73. The van der Waals surface area contributed by atoms with Gasteiger partial charge in [0.05, 0.1) is 11.9 Å². The summed E-state index contributed by atoms with van der Waals surface area (Å²) in [6.07, 6.45) is 3.77. The molecule has 0 atom stereocenters. The van der Waals surface area contributed by atoms with Gasteiger partial charge in [-0.3, -0.25) is 4.98 Å². The van der Waals surface area contributed by atoms with Gasteiger partial charge in [0.1, 0.15) is 12.4 Å². The molecule has 0 aliphatic carbocycles. The predicted octanol–water partition coefficient (Wildman–Crippen LogP) is -1.82. The van der Waals surface area contributed by atoms with E-state index in [0.29, 0.717) is 5.75 Å². The zero-order chi connectivity index (χ0) is 12.2. The molecule has 0 unspecified atom stereocenters. The van der Waals surface area contributed by atoms with E-state index < -0.39 is 17.0 Å². The van der Waals surface area contributed by atoms with Crippen molar-refractivity contribution in [3.63, 3.8) is 0 Å². The van der Waals surface area contributed by atoms with E-state index in [9.17, 15) is 8.42 Å². The maximum Gasteiger partial charge on any atom is 0.490 e. The zero-order valence-electron chi connectivity index (χ0n) is 8.70. The fourth-order valence-corrected chi connectivity index (χ4v) is 1.35. The molecule has 1 aromatic heterocycles. The normalized spacial score (nSPS) is 11.2. The molecule has 6 nitrogen and oxygen atoms in total. The molecule has 0 aliphatic heterocycles. The Morgan fingerprint density at radius 1 is 1.44 bits per heavy atom. The number of hydrogen-bond donors (Lipinski definition) is 2. The lowest BCUT2D eigenvalue weighted by molar-refractivity contribution is 0.339. The molecule has 8 heteroatoms. The van der Waals surface area contributed by atoms with Gasteiger partial charge in [0.2, 0.25) is 0 Å². The third kappa shape index (κ3) is 4.60. The quantitative estimate of drug-likeness (QED) is 0.593. The maximum absolute atomic E-state index is 10.8. The number of ether oxygens (including phenoxy) is 1. The highest BCUT2D eigenvalue weighted by molar-refractivity contribution is 7.90. The molecule has 0 saturated heterocycles. The van der Waals surface area contributed by atoms with Crippen LogP contribution in [0.2, 0.25) is 0 Å². The van der Waals surface area contributed by atoms with Gasteiger partial charge in [-0.15, -0.1) is 0 Å². The molecule has 0 saturated carbocycles. The number of rotatable bonds is 5. The van der Waals surface area contributed by atoms with Crippen LogP contribution < -0.4 is 10.2 Å². The molecule has 0 radical (unpaired) electrons. The highest BCUT2D eigenvalue weighted by Crippen LogP contribution is 2.05. The molecule has 1 heterocycles. The Bertz CT molecular complexity index is 447. The Kier molecular flexibility index (Phi) is 4.28. The van der Waals surface area contributed by atoms with E-state index in [2.05, 4.69) is 4.98 Å². The van der Waals surface area contributed by atoms with Crippen molar-refractivity contribution in [2.24, 2.45) is 0 Å². The van der Waals surface area contributed by atoms with E-state index in [-0.39, 0.29) is 17.8 Å². The van der Waals surface area contributed by atoms with Crippen LogP contribution in [0.25, 0.3) is 0 Å².